The number of methoxy groups -OCH3 is 2. The van der Waals surface area contributed by atoms with Crippen LogP contribution in [-0.2, 0) is 20.9 Å². The highest BCUT2D eigenvalue weighted by atomic mass is 16.5. The van der Waals surface area contributed by atoms with Gasteiger partial charge < -0.3 is 24.4 Å². The molecule has 0 aliphatic heterocycles. The van der Waals surface area contributed by atoms with E-state index in [-0.39, 0.29) is 18.4 Å². The van der Waals surface area contributed by atoms with Crippen LogP contribution in [-0.4, -0.2) is 71.2 Å². The van der Waals surface area contributed by atoms with E-state index in [1.807, 2.05) is 52.0 Å². The molecule has 1 atom stereocenters. The van der Waals surface area contributed by atoms with Gasteiger partial charge in [0, 0.05) is 31.4 Å². The Kier molecular flexibility index (Phi) is 9.46. The number of benzene rings is 2. The van der Waals surface area contributed by atoms with Crippen LogP contribution < -0.4 is 14.8 Å². The molecule has 2 amide bonds. The summed E-state index contributed by atoms with van der Waals surface area (Å²) in [5, 5.41) is 11.4. The van der Waals surface area contributed by atoms with Crippen molar-refractivity contribution in [2.45, 2.75) is 52.2 Å². The molecule has 1 heterocycles. The summed E-state index contributed by atoms with van der Waals surface area (Å²) in [4.78, 5) is 29.2. The molecular formula is C27H37N5O5. The van der Waals surface area contributed by atoms with Crippen molar-refractivity contribution in [1.82, 2.24) is 25.2 Å². The Labute approximate surface area is 217 Å². The van der Waals surface area contributed by atoms with Gasteiger partial charge in [-0.2, -0.15) is 0 Å². The van der Waals surface area contributed by atoms with E-state index in [0.29, 0.717) is 48.8 Å². The zero-order chi connectivity index (χ0) is 27.0. The van der Waals surface area contributed by atoms with Gasteiger partial charge in [0.15, 0.2) is 0 Å². The summed E-state index contributed by atoms with van der Waals surface area (Å²) in [6.07, 6.45) is 0.554. The first kappa shape index (κ1) is 27.9. The summed E-state index contributed by atoms with van der Waals surface area (Å²) in [7, 11) is 3.09. The first-order valence-electron chi connectivity index (χ1n) is 12.4. The molecule has 1 aromatic heterocycles. The average Bonchev–Trinajstić information content (AvgIpc) is 3.27. The van der Waals surface area contributed by atoms with Gasteiger partial charge in [-0.3, -0.25) is 9.59 Å². The van der Waals surface area contributed by atoms with Crippen molar-refractivity contribution in [2.24, 2.45) is 0 Å². The minimum Gasteiger partial charge on any atom is -0.497 e. The summed E-state index contributed by atoms with van der Waals surface area (Å²) in [6.45, 7) is 8.87. The summed E-state index contributed by atoms with van der Waals surface area (Å²) >= 11 is 0. The number of amides is 2. The summed E-state index contributed by atoms with van der Waals surface area (Å²) in [6, 6.07) is 11.7. The number of rotatable bonds is 12. The predicted molar refractivity (Wildman–Crippen MR) is 141 cm³/mol. The number of carbonyl (C=O) groups is 2. The highest BCUT2D eigenvalue weighted by Gasteiger charge is 2.34. The molecule has 0 fully saturated rings. The topological polar surface area (TPSA) is 108 Å². The average molecular weight is 512 g/mol. The maximum absolute atomic E-state index is 13.9. The zero-order valence-electron chi connectivity index (χ0n) is 22.5. The van der Waals surface area contributed by atoms with Crippen molar-refractivity contribution in [3.63, 3.8) is 0 Å². The Morgan fingerprint density at radius 3 is 2.38 bits per heavy atom. The second-order valence-corrected chi connectivity index (χ2v) is 9.66. The largest absolute Gasteiger partial charge is 0.497 e. The van der Waals surface area contributed by atoms with Gasteiger partial charge in [-0.05, 0) is 63.9 Å². The molecule has 0 spiro atoms. The molecule has 0 bridgehead atoms. The van der Waals surface area contributed by atoms with Crippen molar-refractivity contribution in [2.75, 3.05) is 34.0 Å². The fraction of sp³-hybridized carbons (Fsp3) is 0.481. The quantitative estimate of drug-likeness (QED) is 0.372. The van der Waals surface area contributed by atoms with Crippen LogP contribution in [0.5, 0.6) is 11.5 Å². The SMILES string of the molecule is CCOCCCN(C(=O)Cn1nnc2ccccc21)[C@@H](C(=O)NC(C)(C)C)c1cc(OC)cc(OC)c1. The van der Waals surface area contributed by atoms with Crippen LogP contribution >= 0.6 is 0 Å². The molecular weight excluding hydrogens is 474 g/mol. The minimum absolute atomic E-state index is 0.0739. The summed E-state index contributed by atoms with van der Waals surface area (Å²) in [5.74, 6) is 0.456. The molecule has 0 saturated heterocycles. The van der Waals surface area contributed by atoms with Gasteiger partial charge in [0.1, 0.15) is 29.6 Å². The third-order valence-corrected chi connectivity index (χ3v) is 5.67. The second-order valence-electron chi connectivity index (χ2n) is 9.66. The van der Waals surface area contributed by atoms with Crippen molar-refractivity contribution in [3.05, 3.63) is 48.0 Å². The molecule has 1 N–H and O–H groups in total. The predicted octanol–water partition coefficient (Wildman–Crippen LogP) is 3.36. The standard InChI is InChI=1S/C27H37N5O5/c1-7-37-14-10-13-31(24(33)18-32-23-12-9-8-11-22(23)29-30-32)25(26(34)28-27(2,3)4)19-15-20(35-5)17-21(16-19)36-6/h8-9,11-12,15-17,25H,7,10,13-14,18H2,1-6H3,(H,28,34)/t25-/m1/s1. The van der Waals surface area contributed by atoms with Crippen LogP contribution in [0.2, 0.25) is 0 Å². The van der Waals surface area contributed by atoms with Gasteiger partial charge in [-0.25, -0.2) is 4.68 Å². The minimum atomic E-state index is -0.938. The fourth-order valence-corrected chi connectivity index (χ4v) is 4.03. The van der Waals surface area contributed by atoms with Crippen LogP contribution in [0.4, 0.5) is 0 Å². The van der Waals surface area contributed by atoms with E-state index in [2.05, 4.69) is 15.6 Å². The molecule has 0 radical (unpaired) electrons. The van der Waals surface area contributed by atoms with Gasteiger partial charge in [0.2, 0.25) is 11.8 Å². The molecule has 37 heavy (non-hydrogen) atoms. The van der Waals surface area contributed by atoms with E-state index in [9.17, 15) is 9.59 Å². The van der Waals surface area contributed by atoms with Crippen LogP contribution in [0.25, 0.3) is 11.0 Å². The number of carbonyl (C=O) groups excluding carboxylic acids is 2. The number of aromatic nitrogens is 3. The number of fused-ring (bicyclic) bond motifs is 1. The molecule has 3 aromatic rings. The van der Waals surface area contributed by atoms with Crippen LogP contribution in [0, 0.1) is 0 Å². The van der Waals surface area contributed by atoms with Gasteiger partial charge in [0.05, 0.1) is 19.7 Å². The lowest BCUT2D eigenvalue weighted by Crippen LogP contribution is -2.50. The maximum atomic E-state index is 13.9. The highest BCUT2D eigenvalue weighted by Crippen LogP contribution is 2.31. The van der Waals surface area contributed by atoms with Crippen molar-refractivity contribution in [3.8, 4) is 11.5 Å². The van der Waals surface area contributed by atoms with Gasteiger partial charge in [-0.1, -0.05) is 17.3 Å². The van der Waals surface area contributed by atoms with Crippen LogP contribution in [0.15, 0.2) is 42.5 Å². The number of hydrogen-bond acceptors (Lipinski definition) is 7. The lowest BCUT2D eigenvalue weighted by Gasteiger charge is -2.34. The summed E-state index contributed by atoms with van der Waals surface area (Å²) < 4.78 is 18.0. The van der Waals surface area contributed by atoms with E-state index < -0.39 is 11.6 Å². The second kappa shape index (κ2) is 12.5. The normalized spacial score (nSPS) is 12.3. The summed E-state index contributed by atoms with van der Waals surface area (Å²) in [5.41, 5.74) is 1.49. The zero-order valence-corrected chi connectivity index (χ0v) is 22.5. The first-order valence-corrected chi connectivity index (χ1v) is 12.4. The molecule has 3 rings (SSSR count). The van der Waals surface area contributed by atoms with E-state index >= 15 is 0 Å². The maximum Gasteiger partial charge on any atom is 0.247 e. The Hall–Kier alpha value is -3.66. The fourth-order valence-electron chi connectivity index (χ4n) is 4.03. The number of ether oxygens (including phenoxy) is 3. The number of hydrogen-bond donors (Lipinski definition) is 1. The molecule has 0 unspecified atom stereocenters. The van der Waals surface area contributed by atoms with Crippen LogP contribution in [0.3, 0.4) is 0 Å². The Morgan fingerprint density at radius 2 is 1.76 bits per heavy atom. The third-order valence-electron chi connectivity index (χ3n) is 5.67. The molecule has 0 aliphatic carbocycles. The van der Waals surface area contributed by atoms with Crippen molar-refractivity contribution < 1.29 is 23.8 Å². The Bertz CT molecular complexity index is 1180. The smallest absolute Gasteiger partial charge is 0.247 e. The monoisotopic (exact) mass is 511 g/mol. The van der Waals surface area contributed by atoms with E-state index in [0.717, 1.165) is 5.52 Å². The van der Waals surface area contributed by atoms with Gasteiger partial charge in [0.25, 0.3) is 0 Å². The number of nitrogens with one attached hydrogen (secondary N) is 1. The van der Waals surface area contributed by atoms with Gasteiger partial charge in [-0.15, -0.1) is 5.10 Å². The molecule has 0 aliphatic rings. The number of nitrogens with zero attached hydrogens (tertiary/aromatic N) is 4. The Morgan fingerprint density at radius 1 is 1.08 bits per heavy atom. The highest BCUT2D eigenvalue weighted by molar-refractivity contribution is 5.89. The van der Waals surface area contributed by atoms with E-state index in [1.165, 1.54) is 0 Å². The molecule has 2 aromatic carbocycles. The first-order chi connectivity index (χ1) is 17.7. The lowest BCUT2D eigenvalue weighted by atomic mass is 10.0. The third kappa shape index (κ3) is 7.42. The van der Waals surface area contributed by atoms with Gasteiger partial charge >= 0.3 is 0 Å². The van der Waals surface area contributed by atoms with E-state index in [1.54, 1.807) is 42.0 Å². The molecule has 10 heteroatoms. The van der Waals surface area contributed by atoms with E-state index in [4.69, 9.17) is 14.2 Å². The molecule has 10 nitrogen and oxygen atoms in total. The molecule has 0 saturated carbocycles. The molecule has 200 valence electrons. The van der Waals surface area contributed by atoms with Crippen molar-refractivity contribution >= 4 is 22.8 Å². The van der Waals surface area contributed by atoms with Crippen LogP contribution in [0.1, 0.15) is 45.7 Å². The lowest BCUT2D eigenvalue weighted by molar-refractivity contribution is -0.142. The number of para-hydroxylation sites is 1. The Balaban J connectivity index is 2.05. The van der Waals surface area contributed by atoms with Crippen molar-refractivity contribution in [1.29, 1.82) is 0 Å².